The molecule has 0 spiro atoms. The van der Waals surface area contributed by atoms with Crippen LogP contribution in [-0.2, 0) is 0 Å². The molecule has 4 nitrogen and oxygen atoms in total. The summed E-state index contributed by atoms with van der Waals surface area (Å²) in [5.41, 5.74) is -0.0376. The van der Waals surface area contributed by atoms with Crippen LogP contribution in [0.2, 0.25) is 0 Å². The lowest BCUT2D eigenvalue weighted by Crippen LogP contribution is -2.40. The van der Waals surface area contributed by atoms with Crippen molar-refractivity contribution in [2.75, 3.05) is 7.11 Å². The number of rotatable bonds is 5. The van der Waals surface area contributed by atoms with Crippen LogP contribution in [0.15, 0.2) is 36.4 Å². The Labute approximate surface area is 155 Å². The molecule has 144 valence electrons. The number of methoxy groups -OCH3 is 1. The van der Waals surface area contributed by atoms with Gasteiger partial charge in [-0.05, 0) is 37.8 Å². The first-order valence-corrected chi connectivity index (χ1v) is 8.72. The zero-order chi connectivity index (χ0) is 19.4. The van der Waals surface area contributed by atoms with Crippen molar-refractivity contribution in [2.45, 2.75) is 37.8 Å². The number of halogens is 3. The molecule has 0 saturated heterocycles. The molecule has 2 aromatic rings. The summed E-state index contributed by atoms with van der Waals surface area (Å²) >= 11 is 0. The molecule has 0 atom stereocenters. The highest BCUT2D eigenvalue weighted by Crippen LogP contribution is 2.25. The summed E-state index contributed by atoms with van der Waals surface area (Å²) in [6, 6.07) is 7.04. The Morgan fingerprint density at radius 2 is 1.63 bits per heavy atom. The Balaban J connectivity index is 1.52. The highest BCUT2D eigenvalue weighted by atomic mass is 19.1. The Hall–Kier alpha value is -2.70. The van der Waals surface area contributed by atoms with Gasteiger partial charge in [-0.3, -0.25) is 4.79 Å². The highest BCUT2D eigenvalue weighted by molar-refractivity contribution is 5.94. The van der Waals surface area contributed by atoms with Gasteiger partial charge in [0, 0.05) is 30.3 Å². The van der Waals surface area contributed by atoms with E-state index in [1.54, 1.807) is 0 Å². The average Bonchev–Trinajstić information content (AvgIpc) is 2.62. The lowest BCUT2D eigenvalue weighted by molar-refractivity contribution is 0.0889. The average molecular weight is 379 g/mol. The molecule has 1 aliphatic carbocycles. The zero-order valence-electron chi connectivity index (χ0n) is 14.8. The number of nitrogens with one attached hydrogen (secondary N) is 1. The van der Waals surface area contributed by atoms with Gasteiger partial charge in [0.1, 0.15) is 29.0 Å². The molecule has 0 radical (unpaired) electrons. The van der Waals surface area contributed by atoms with E-state index in [2.05, 4.69) is 5.32 Å². The molecule has 0 bridgehead atoms. The molecule has 1 amide bonds. The molecular weight excluding hydrogens is 359 g/mol. The van der Waals surface area contributed by atoms with Gasteiger partial charge >= 0.3 is 0 Å². The summed E-state index contributed by atoms with van der Waals surface area (Å²) in [6.07, 6.45) is 2.32. The van der Waals surface area contributed by atoms with Gasteiger partial charge < -0.3 is 14.8 Å². The topological polar surface area (TPSA) is 47.6 Å². The van der Waals surface area contributed by atoms with E-state index in [0.29, 0.717) is 31.4 Å². The predicted molar refractivity (Wildman–Crippen MR) is 93.4 cm³/mol. The minimum Gasteiger partial charge on any atom is -0.497 e. The van der Waals surface area contributed by atoms with Crippen LogP contribution >= 0.6 is 0 Å². The summed E-state index contributed by atoms with van der Waals surface area (Å²) in [4.78, 5) is 12.3. The predicted octanol–water partition coefficient (Wildman–Crippen LogP) is 4.23. The van der Waals surface area contributed by atoms with Crippen molar-refractivity contribution in [3.63, 3.8) is 0 Å². The third kappa shape index (κ3) is 4.93. The van der Waals surface area contributed by atoms with E-state index in [4.69, 9.17) is 9.47 Å². The molecular formula is C20H20F3NO3. The molecule has 0 aromatic heterocycles. The van der Waals surface area contributed by atoms with Crippen LogP contribution in [0.1, 0.15) is 36.0 Å². The lowest BCUT2D eigenvalue weighted by atomic mass is 9.92. The second-order valence-corrected chi connectivity index (χ2v) is 6.52. The number of carbonyl (C=O) groups is 1. The van der Waals surface area contributed by atoms with Crippen LogP contribution in [0.4, 0.5) is 13.2 Å². The SMILES string of the molecule is COc1ccc(C(=O)NC2CCC(Oc3cc(F)cc(F)c3)CC2)c(F)c1. The van der Waals surface area contributed by atoms with E-state index in [1.807, 2.05) is 0 Å². The summed E-state index contributed by atoms with van der Waals surface area (Å²) in [6.45, 7) is 0. The van der Waals surface area contributed by atoms with Gasteiger partial charge in [0.15, 0.2) is 0 Å². The Morgan fingerprint density at radius 3 is 2.22 bits per heavy atom. The van der Waals surface area contributed by atoms with Gasteiger partial charge in [0.2, 0.25) is 0 Å². The van der Waals surface area contributed by atoms with Crippen LogP contribution in [0.3, 0.4) is 0 Å². The van der Waals surface area contributed by atoms with Crippen molar-refractivity contribution >= 4 is 5.91 Å². The summed E-state index contributed by atoms with van der Waals surface area (Å²) in [5.74, 6) is -2.00. The molecule has 0 aliphatic heterocycles. The molecule has 1 N–H and O–H groups in total. The van der Waals surface area contributed by atoms with E-state index < -0.39 is 23.4 Å². The number of hydrogen-bond donors (Lipinski definition) is 1. The quantitative estimate of drug-likeness (QED) is 0.846. The number of amides is 1. The lowest BCUT2D eigenvalue weighted by Gasteiger charge is -2.29. The Kier molecular flexibility index (Phi) is 5.88. The van der Waals surface area contributed by atoms with Crippen molar-refractivity contribution in [3.05, 3.63) is 59.4 Å². The Morgan fingerprint density at radius 1 is 0.963 bits per heavy atom. The largest absolute Gasteiger partial charge is 0.497 e. The van der Waals surface area contributed by atoms with E-state index in [1.165, 1.54) is 19.2 Å². The van der Waals surface area contributed by atoms with Crippen molar-refractivity contribution < 1.29 is 27.4 Å². The van der Waals surface area contributed by atoms with Gasteiger partial charge in [0.25, 0.3) is 5.91 Å². The van der Waals surface area contributed by atoms with Crippen molar-refractivity contribution in [3.8, 4) is 11.5 Å². The third-order valence-electron chi connectivity index (χ3n) is 4.57. The van der Waals surface area contributed by atoms with Gasteiger partial charge in [-0.25, -0.2) is 13.2 Å². The van der Waals surface area contributed by atoms with Gasteiger partial charge in [-0.1, -0.05) is 0 Å². The number of hydrogen-bond acceptors (Lipinski definition) is 3. The van der Waals surface area contributed by atoms with Crippen LogP contribution in [0.5, 0.6) is 11.5 Å². The first-order chi connectivity index (χ1) is 12.9. The first-order valence-electron chi connectivity index (χ1n) is 8.72. The van der Waals surface area contributed by atoms with Crippen LogP contribution in [0, 0.1) is 17.5 Å². The fourth-order valence-corrected chi connectivity index (χ4v) is 3.18. The minimum absolute atomic E-state index is 0.0376. The second kappa shape index (κ2) is 8.33. The monoisotopic (exact) mass is 379 g/mol. The molecule has 7 heteroatoms. The zero-order valence-corrected chi connectivity index (χ0v) is 14.8. The molecule has 2 aromatic carbocycles. The van der Waals surface area contributed by atoms with Crippen molar-refractivity contribution in [2.24, 2.45) is 0 Å². The maximum Gasteiger partial charge on any atom is 0.254 e. The van der Waals surface area contributed by atoms with Gasteiger partial charge in [-0.2, -0.15) is 0 Å². The molecule has 1 aliphatic rings. The second-order valence-electron chi connectivity index (χ2n) is 6.52. The molecule has 1 saturated carbocycles. The van der Waals surface area contributed by atoms with E-state index in [0.717, 1.165) is 24.3 Å². The molecule has 0 heterocycles. The van der Waals surface area contributed by atoms with Crippen LogP contribution in [0.25, 0.3) is 0 Å². The molecule has 0 unspecified atom stereocenters. The smallest absolute Gasteiger partial charge is 0.254 e. The molecule has 27 heavy (non-hydrogen) atoms. The van der Waals surface area contributed by atoms with E-state index in [9.17, 15) is 18.0 Å². The summed E-state index contributed by atoms with van der Waals surface area (Å²) in [5, 5.41) is 2.82. The molecule has 1 fully saturated rings. The molecule has 3 rings (SSSR count). The maximum absolute atomic E-state index is 14.0. The first kappa shape index (κ1) is 19.1. The van der Waals surface area contributed by atoms with Crippen molar-refractivity contribution in [1.29, 1.82) is 0 Å². The van der Waals surface area contributed by atoms with Crippen molar-refractivity contribution in [1.82, 2.24) is 5.32 Å². The van der Waals surface area contributed by atoms with Crippen LogP contribution < -0.4 is 14.8 Å². The van der Waals surface area contributed by atoms with Crippen LogP contribution in [-0.4, -0.2) is 25.2 Å². The van der Waals surface area contributed by atoms with Gasteiger partial charge in [0.05, 0.1) is 18.8 Å². The number of benzene rings is 2. The fraction of sp³-hybridized carbons (Fsp3) is 0.350. The minimum atomic E-state index is -0.688. The van der Waals surface area contributed by atoms with E-state index in [-0.39, 0.29) is 23.5 Å². The van der Waals surface area contributed by atoms with E-state index >= 15 is 0 Å². The third-order valence-corrected chi connectivity index (χ3v) is 4.57. The van der Waals surface area contributed by atoms with Gasteiger partial charge in [-0.15, -0.1) is 0 Å². The summed E-state index contributed by atoms with van der Waals surface area (Å²) < 4.78 is 51.0. The number of ether oxygens (including phenoxy) is 2. The fourth-order valence-electron chi connectivity index (χ4n) is 3.18. The number of carbonyl (C=O) groups excluding carboxylic acids is 1. The standard InChI is InChI=1S/C20H20F3NO3/c1-26-16-6-7-18(19(23)11-16)20(25)24-14-2-4-15(5-3-14)27-17-9-12(21)8-13(22)10-17/h6-11,14-15H,2-5H2,1H3,(H,24,25). The Bertz CT molecular complexity index is 800. The highest BCUT2D eigenvalue weighted by Gasteiger charge is 2.25. The summed E-state index contributed by atoms with van der Waals surface area (Å²) in [7, 11) is 1.42. The normalized spacial score (nSPS) is 19.4. The maximum atomic E-state index is 14.0.